The van der Waals surface area contributed by atoms with Crippen molar-refractivity contribution < 1.29 is 0 Å². The number of hydrogen-bond acceptors (Lipinski definition) is 4. The summed E-state index contributed by atoms with van der Waals surface area (Å²) in [5, 5.41) is 12.1. The Hall–Kier alpha value is -0.550. The minimum Gasteiger partial charge on any atom is -0.311 e. The molecule has 16 heavy (non-hydrogen) atoms. The molecule has 1 heterocycles. The quantitative estimate of drug-likeness (QED) is 0.795. The molecule has 1 aromatic heterocycles. The Morgan fingerprint density at radius 3 is 2.81 bits per heavy atom. The van der Waals surface area contributed by atoms with E-state index in [2.05, 4.69) is 36.4 Å². The molecule has 0 amide bonds. The fourth-order valence-corrected chi connectivity index (χ4v) is 2.44. The second kappa shape index (κ2) is 6.91. The highest BCUT2D eigenvalue weighted by Crippen LogP contribution is 2.20. The number of nitrogens with one attached hydrogen (secondary N) is 1. The third kappa shape index (κ3) is 3.79. The van der Waals surface area contributed by atoms with Gasteiger partial charge in [0.25, 0.3) is 0 Å². The van der Waals surface area contributed by atoms with E-state index in [4.69, 9.17) is 0 Å². The number of thioether (sulfide) groups is 1. The predicted molar refractivity (Wildman–Crippen MR) is 69.7 cm³/mol. The van der Waals surface area contributed by atoms with Crippen molar-refractivity contribution in [3.8, 4) is 0 Å². The van der Waals surface area contributed by atoms with Crippen LogP contribution in [-0.2, 0) is 6.54 Å². The lowest BCUT2D eigenvalue weighted by Crippen LogP contribution is -2.23. The monoisotopic (exact) mass is 242 g/mol. The van der Waals surface area contributed by atoms with Gasteiger partial charge in [-0.1, -0.05) is 26.0 Å². The lowest BCUT2D eigenvalue weighted by atomic mass is 10.2. The Morgan fingerprint density at radius 1 is 1.50 bits per heavy atom. The maximum atomic E-state index is 4.12. The minimum absolute atomic E-state index is 0.342. The van der Waals surface area contributed by atoms with Crippen LogP contribution in [0.5, 0.6) is 0 Å². The van der Waals surface area contributed by atoms with E-state index in [1.807, 2.05) is 29.7 Å². The molecule has 92 valence electrons. The van der Waals surface area contributed by atoms with Gasteiger partial charge < -0.3 is 5.32 Å². The molecular weight excluding hydrogens is 220 g/mol. The summed E-state index contributed by atoms with van der Waals surface area (Å²) in [6, 6.07) is 0.342. The molecule has 1 unspecified atom stereocenters. The van der Waals surface area contributed by atoms with Crippen molar-refractivity contribution in [1.29, 1.82) is 0 Å². The molecule has 0 spiro atoms. The fraction of sp³-hybridized carbons (Fsp3) is 0.818. The summed E-state index contributed by atoms with van der Waals surface area (Å²) < 4.78 is 2.00. The van der Waals surface area contributed by atoms with Gasteiger partial charge in [0.1, 0.15) is 0 Å². The van der Waals surface area contributed by atoms with E-state index in [-0.39, 0.29) is 0 Å². The molecular formula is C11H22N4S. The van der Waals surface area contributed by atoms with Crippen molar-refractivity contribution in [1.82, 2.24) is 20.3 Å². The van der Waals surface area contributed by atoms with E-state index >= 15 is 0 Å². The lowest BCUT2D eigenvalue weighted by Gasteiger charge is -2.17. The van der Waals surface area contributed by atoms with Gasteiger partial charge in [-0.25, -0.2) is 4.68 Å². The summed E-state index contributed by atoms with van der Waals surface area (Å²) in [5.41, 5.74) is 1.19. The summed E-state index contributed by atoms with van der Waals surface area (Å²) in [5.74, 6) is 1.06. The van der Waals surface area contributed by atoms with Gasteiger partial charge in [0.2, 0.25) is 0 Å². The van der Waals surface area contributed by atoms with Crippen LogP contribution in [0, 0.1) is 0 Å². The molecule has 1 aromatic rings. The molecule has 0 fully saturated rings. The van der Waals surface area contributed by atoms with Crippen LogP contribution in [0.4, 0.5) is 0 Å². The van der Waals surface area contributed by atoms with Crippen molar-refractivity contribution in [2.45, 2.75) is 45.0 Å². The first kappa shape index (κ1) is 13.5. The van der Waals surface area contributed by atoms with Crippen molar-refractivity contribution >= 4 is 11.8 Å². The Morgan fingerprint density at radius 2 is 2.25 bits per heavy atom. The van der Waals surface area contributed by atoms with Crippen LogP contribution >= 0.6 is 11.8 Å². The maximum Gasteiger partial charge on any atom is 0.0764 e. The molecule has 5 heteroatoms. The summed E-state index contributed by atoms with van der Waals surface area (Å²) in [6.45, 7) is 7.54. The molecule has 0 saturated carbocycles. The van der Waals surface area contributed by atoms with Gasteiger partial charge in [-0.15, -0.1) is 5.10 Å². The number of aryl methyl sites for hydroxylation is 1. The van der Waals surface area contributed by atoms with E-state index in [0.29, 0.717) is 11.3 Å². The smallest absolute Gasteiger partial charge is 0.0764 e. The van der Waals surface area contributed by atoms with E-state index in [9.17, 15) is 0 Å². The molecule has 0 aliphatic heterocycles. The molecule has 1 N–H and O–H groups in total. The van der Waals surface area contributed by atoms with Crippen LogP contribution in [0.15, 0.2) is 6.20 Å². The first-order chi connectivity index (χ1) is 7.69. The fourth-order valence-electron chi connectivity index (χ4n) is 1.53. The van der Waals surface area contributed by atoms with E-state index in [1.165, 1.54) is 5.69 Å². The third-order valence-electron chi connectivity index (χ3n) is 2.38. The molecule has 0 aliphatic carbocycles. The number of aromatic nitrogens is 3. The van der Waals surface area contributed by atoms with Gasteiger partial charge >= 0.3 is 0 Å². The zero-order chi connectivity index (χ0) is 12.0. The van der Waals surface area contributed by atoms with Crippen molar-refractivity contribution in [3.63, 3.8) is 0 Å². The molecule has 1 rings (SSSR count). The average Bonchev–Trinajstić information content (AvgIpc) is 2.68. The summed E-state index contributed by atoms with van der Waals surface area (Å²) in [7, 11) is 1.99. The van der Waals surface area contributed by atoms with Gasteiger partial charge in [0, 0.05) is 12.3 Å². The van der Waals surface area contributed by atoms with E-state index in [1.54, 1.807) is 0 Å². The molecule has 1 atom stereocenters. The average molecular weight is 242 g/mol. The Labute approximate surface area is 102 Å². The van der Waals surface area contributed by atoms with Gasteiger partial charge in [0.15, 0.2) is 0 Å². The lowest BCUT2D eigenvalue weighted by molar-refractivity contribution is 0.514. The van der Waals surface area contributed by atoms with Crippen molar-refractivity contribution in [2.24, 2.45) is 0 Å². The second-order valence-corrected chi connectivity index (χ2v) is 5.71. The predicted octanol–water partition coefficient (Wildman–Crippen LogP) is 2.09. The van der Waals surface area contributed by atoms with Crippen LogP contribution in [0.3, 0.4) is 0 Å². The number of rotatable bonds is 7. The summed E-state index contributed by atoms with van der Waals surface area (Å²) in [4.78, 5) is 0. The van der Waals surface area contributed by atoms with Crippen LogP contribution in [0.25, 0.3) is 0 Å². The molecule has 0 radical (unpaired) electrons. The Kier molecular flexibility index (Phi) is 5.84. The van der Waals surface area contributed by atoms with E-state index < -0.39 is 0 Å². The molecule has 0 aromatic carbocycles. The Balaban J connectivity index is 2.66. The normalized spacial score (nSPS) is 13.3. The van der Waals surface area contributed by atoms with Gasteiger partial charge in [-0.05, 0) is 18.7 Å². The maximum absolute atomic E-state index is 4.12. The Bertz CT molecular complexity index is 298. The molecule has 0 saturated heterocycles. The van der Waals surface area contributed by atoms with Crippen LogP contribution in [0.1, 0.15) is 38.9 Å². The zero-order valence-electron chi connectivity index (χ0n) is 10.6. The molecule has 0 aliphatic rings. The van der Waals surface area contributed by atoms with Gasteiger partial charge in [0.05, 0.1) is 17.9 Å². The summed E-state index contributed by atoms with van der Waals surface area (Å²) >= 11 is 1.96. The highest BCUT2D eigenvalue weighted by Gasteiger charge is 2.15. The third-order valence-corrected chi connectivity index (χ3v) is 3.58. The SMILES string of the molecule is CCCn1nncc1C(CSC(C)C)NC. The van der Waals surface area contributed by atoms with Crippen LogP contribution in [0.2, 0.25) is 0 Å². The topological polar surface area (TPSA) is 42.7 Å². The minimum atomic E-state index is 0.342. The number of hydrogen-bond donors (Lipinski definition) is 1. The van der Waals surface area contributed by atoms with Gasteiger partial charge in [-0.2, -0.15) is 11.8 Å². The highest BCUT2D eigenvalue weighted by atomic mass is 32.2. The van der Waals surface area contributed by atoms with Crippen molar-refractivity contribution in [3.05, 3.63) is 11.9 Å². The second-order valence-electron chi connectivity index (χ2n) is 4.11. The van der Waals surface area contributed by atoms with Crippen LogP contribution in [-0.4, -0.2) is 33.0 Å². The first-order valence-electron chi connectivity index (χ1n) is 5.86. The number of nitrogens with zero attached hydrogens (tertiary/aromatic N) is 3. The first-order valence-corrected chi connectivity index (χ1v) is 6.91. The van der Waals surface area contributed by atoms with Crippen molar-refractivity contribution in [2.75, 3.05) is 12.8 Å². The largest absolute Gasteiger partial charge is 0.311 e. The van der Waals surface area contributed by atoms with Crippen LogP contribution < -0.4 is 5.32 Å². The highest BCUT2D eigenvalue weighted by molar-refractivity contribution is 7.99. The van der Waals surface area contributed by atoms with E-state index in [0.717, 1.165) is 18.7 Å². The summed E-state index contributed by atoms with van der Waals surface area (Å²) in [6.07, 6.45) is 2.96. The standard InChI is InChI=1S/C11H22N4S/c1-5-6-15-11(7-13-14-15)10(12-4)8-16-9(2)3/h7,9-10,12H,5-6,8H2,1-4H3. The zero-order valence-corrected chi connectivity index (χ0v) is 11.4. The molecule has 4 nitrogen and oxygen atoms in total. The van der Waals surface area contributed by atoms with Gasteiger partial charge in [-0.3, -0.25) is 0 Å². The molecule has 0 bridgehead atoms.